The molecule has 0 radical (unpaired) electrons. The number of amidine groups is 1. The normalized spacial score (nSPS) is 20.9. The van der Waals surface area contributed by atoms with E-state index in [2.05, 4.69) is 15.3 Å². The number of nitrogens with one attached hydrogen (secondary N) is 1. The van der Waals surface area contributed by atoms with Crippen LogP contribution < -0.4 is 10.1 Å². The minimum Gasteiger partial charge on any atom is -0.497 e. The summed E-state index contributed by atoms with van der Waals surface area (Å²) < 4.78 is 5.27. The maximum absolute atomic E-state index is 12.2. The van der Waals surface area contributed by atoms with Gasteiger partial charge in [-0.05, 0) is 42.8 Å². The largest absolute Gasteiger partial charge is 0.497 e. The van der Waals surface area contributed by atoms with Crippen LogP contribution in [0.15, 0.2) is 39.5 Å². The maximum atomic E-state index is 12.2. The molecule has 0 bridgehead atoms. The highest BCUT2D eigenvalue weighted by molar-refractivity contribution is 8.18. The zero-order chi connectivity index (χ0) is 17.9. The molecule has 0 spiro atoms. The van der Waals surface area contributed by atoms with Crippen LogP contribution in [0.2, 0.25) is 0 Å². The molecule has 2 aliphatic rings. The second-order valence-corrected chi connectivity index (χ2v) is 8.14. The summed E-state index contributed by atoms with van der Waals surface area (Å²) in [5.74, 6) is 0.707. The number of rotatable bonds is 4. The lowest BCUT2D eigenvalue weighted by Gasteiger charge is -2.02. The van der Waals surface area contributed by atoms with Crippen molar-refractivity contribution in [3.63, 3.8) is 0 Å². The molecular weight excluding hydrogens is 366 g/mol. The van der Waals surface area contributed by atoms with Gasteiger partial charge >= 0.3 is 0 Å². The Morgan fingerprint density at radius 2 is 2.19 bits per heavy atom. The second kappa shape index (κ2) is 7.63. The Morgan fingerprint density at radius 1 is 1.35 bits per heavy atom. The van der Waals surface area contributed by atoms with Crippen molar-refractivity contribution in [2.75, 3.05) is 7.11 Å². The van der Waals surface area contributed by atoms with Crippen LogP contribution >= 0.6 is 23.1 Å². The molecule has 0 atom stereocenters. The third-order valence-electron chi connectivity index (χ3n) is 4.39. The Hall–Kier alpha value is -2.12. The quantitative estimate of drug-likeness (QED) is 0.796. The molecule has 2 heterocycles. The number of amides is 1. The van der Waals surface area contributed by atoms with Crippen LogP contribution in [0.1, 0.15) is 31.4 Å². The molecular formula is C19H19N3O2S2. The Labute approximate surface area is 160 Å². The summed E-state index contributed by atoms with van der Waals surface area (Å²) in [6.07, 6.45) is 6.53. The predicted octanol–water partition coefficient (Wildman–Crippen LogP) is 4.32. The van der Waals surface area contributed by atoms with Crippen LogP contribution in [0.5, 0.6) is 5.75 Å². The van der Waals surface area contributed by atoms with Gasteiger partial charge in [0.25, 0.3) is 5.91 Å². The van der Waals surface area contributed by atoms with Crippen LogP contribution in [-0.4, -0.2) is 29.2 Å². The van der Waals surface area contributed by atoms with Crippen LogP contribution in [0.25, 0.3) is 16.6 Å². The zero-order valence-electron chi connectivity index (χ0n) is 14.4. The van der Waals surface area contributed by atoms with E-state index in [1.54, 1.807) is 18.4 Å². The van der Waals surface area contributed by atoms with E-state index in [0.29, 0.717) is 10.9 Å². The summed E-state index contributed by atoms with van der Waals surface area (Å²) in [4.78, 5) is 22.1. The van der Waals surface area contributed by atoms with Crippen molar-refractivity contribution in [3.05, 3.63) is 40.2 Å². The van der Waals surface area contributed by atoms with Gasteiger partial charge in [0.1, 0.15) is 10.8 Å². The van der Waals surface area contributed by atoms with Gasteiger partial charge in [-0.25, -0.2) is 4.98 Å². The van der Waals surface area contributed by atoms with E-state index < -0.39 is 0 Å². The third-order valence-corrected chi connectivity index (χ3v) is 6.23. The first-order valence-corrected chi connectivity index (χ1v) is 10.3. The van der Waals surface area contributed by atoms with E-state index >= 15 is 0 Å². The zero-order valence-corrected chi connectivity index (χ0v) is 16.0. The molecule has 0 unspecified atom stereocenters. The van der Waals surface area contributed by atoms with Crippen molar-refractivity contribution in [1.29, 1.82) is 0 Å². The molecule has 5 nitrogen and oxygen atoms in total. The number of thiazole rings is 1. The average Bonchev–Trinajstić information content (AvgIpc) is 3.39. The Balaban J connectivity index is 1.51. The summed E-state index contributed by atoms with van der Waals surface area (Å²) in [5.41, 5.74) is 1.79. The Morgan fingerprint density at radius 3 is 3.00 bits per heavy atom. The molecule has 134 valence electrons. The molecule has 1 N–H and O–H groups in total. The lowest BCUT2D eigenvalue weighted by molar-refractivity contribution is -0.115. The van der Waals surface area contributed by atoms with Crippen molar-refractivity contribution in [1.82, 2.24) is 10.3 Å². The monoisotopic (exact) mass is 385 g/mol. The number of aromatic nitrogens is 1. The first-order chi connectivity index (χ1) is 12.7. The number of thioether (sulfide) groups is 1. The highest BCUT2D eigenvalue weighted by Gasteiger charge is 2.26. The topological polar surface area (TPSA) is 63.6 Å². The van der Waals surface area contributed by atoms with Gasteiger partial charge in [0.05, 0.1) is 23.8 Å². The summed E-state index contributed by atoms with van der Waals surface area (Å²) in [5, 5.41) is 6.45. The molecule has 1 aliphatic carbocycles. The molecule has 1 aromatic heterocycles. The van der Waals surface area contributed by atoms with Gasteiger partial charge in [0, 0.05) is 10.9 Å². The molecule has 4 rings (SSSR count). The minimum absolute atomic E-state index is 0.0947. The van der Waals surface area contributed by atoms with Gasteiger partial charge in [0.15, 0.2) is 5.17 Å². The Bertz CT molecular complexity index is 882. The summed E-state index contributed by atoms with van der Waals surface area (Å²) in [6.45, 7) is 0. The van der Waals surface area contributed by atoms with Crippen LogP contribution in [-0.2, 0) is 4.79 Å². The summed E-state index contributed by atoms with van der Waals surface area (Å²) in [6, 6.07) is 8.17. The molecule has 2 aromatic rings. The van der Waals surface area contributed by atoms with Gasteiger partial charge in [-0.2, -0.15) is 0 Å². The molecule has 7 heteroatoms. The lowest BCUT2D eigenvalue weighted by atomic mass is 10.2. The standard InChI is InChI=1S/C19H19N3O2S2/c1-24-15-8-4-5-12(9-15)18-20-14(11-25-18)10-16-17(23)22-19(26-16)21-13-6-2-3-7-13/h4-5,8-11,13H,2-3,6-7H2,1H3,(H,21,22,23). The SMILES string of the molecule is COc1cccc(-c2nc(C=C3SC(=NC4CCCC4)NC3=O)cs2)c1. The highest BCUT2D eigenvalue weighted by atomic mass is 32.2. The van der Waals surface area contributed by atoms with Gasteiger partial charge < -0.3 is 10.1 Å². The van der Waals surface area contributed by atoms with Crippen molar-refractivity contribution in [3.8, 4) is 16.3 Å². The predicted molar refractivity (Wildman–Crippen MR) is 108 cm³/mol. The number of methoxy groups -OCH3 is 1. The van der Waals surface area contributed by atoms with Crippen LogP contribution in [0.3, 0.4) is 0 Å². The number of hydrogen-bond donors (Lipinski definition) is 1. The van der Waals surface area contributed by atoms with E-state index in [0.717, 1.165) is 40.0 Å². The van der Waals surface area contributed by atoms with Crippen molar-refractivity contribution in [2.45, 2.75) is 31.7 Å². The average molecular weight is 386 g/mol. The molecule has 1 amide bonds. The van der Waals surface area contributed by atoms with Crippen molar-refractivity contribution < 1.29 is 9.53 Å². The van der Waals surface area contributed by atoms with Crippen molar-refractivity contribution >= 4 is 40.2 Å². The molecule has 1 aliphatic heterocycles. The molecule has 2 fully saturated rings. The van der Waals surface area contributed by atoms with Crippen molar-refractivity contribution in [2.24, 2.45) is 4.99 Å². The smallest absolute Gasteiger partial charge is 0.264 e. The first-order valence-electron chi connectivity index (χ1n) is 8.60. The fraction of sp³-hybridized carbons (Fsp3) is 0.316. The minimum atomic E-state index is -0.0947. The second-order valence-electron chi connectivity index (χ2n) is 6.25. The van der Waals surface area contributed by atoms with Crippen LogP contribution in [0.4, 0.5) is 0 Å². The van der Waals surface area contributed by atoms with Gasteiger partial charge in [-0.15, -0.1) is 11.3 Å². The number of hydrogen-bond acceptors (Lipinski definition) is 6. The molecule has 1 aromatic carbocycles. The van der Waals surface area contributed by atoms with Gasteiger partial charge in [-0.1, -0.05) is 25.0 Å². The maximum Gasteiger partial charge on any atom is 0.264 e. The first kappa shape index (κ1) is 17.3. The van der Waals surface area contributed by atoms with Gasteiger partial charge in [0.2, 0.25) is 0 Å². The van der Waals surface area contributed by atoms with Crippen LogP contribution in [0, 0.1) is 0 Å². The fourth-order valence-electron chi connectivity index (χ4n) is 3.06. The molecule has 1 saturated heterocycles. The van der Waals surface area contributed by atoms with E-state index in [-0.39, 0.29) is 5.91 Å². The third kappa shape index (κ3) is 3.83. The number of nitrogens with zero attached hydrogens (tertiary/aromatic N) is 2. The summed E-state index contributed by atoms with van der Waals surface area (Å²) >= 11 is 2.96. The lowest BCUT2D eigenvalue weighted by Crippen LogP contribution is -2.21. The number of aliphatic imine (C=N–C) groups is 1. The number of ether oxygens (including phenoxy) is 1. The van der Waals surface area contributed by atoms with Gasteiger partial charge in [-0.3, -0.25) is 9.79 Å². The van der Waals surface area contributed by atoms with E-state index in [4.69, 9.17) is 4.74 Å². The number of benzene rings is 1. The number of carbonyl (C=O) groups excluding carboxylic acids is 1. The number of carbonyl (C=O) groups is 1. The summed E-state index contributed by atoms with van der Waals surface area (Å²) in [7, 11) is 1.65. The van der Waals surface area contributed by atoms with E-state index in [1.807, 2.05) is 35.7 Å². The molecule has 26 heavy (non-hydrogen) atoms. The Kier molecular flexibility index (Phi) is 5.08. The van der Waals surface area contributed by atoms with E-state index in [9.17, 15) is 4.79 Å². The molecule has 1 saturated carbocycles. The highest BCUT2D eigenvalue weighted by Crippen LogP contribution is 2.31. The van der Waals surface area contributed by atoms with E-state index in [1.165, 1.54) is 24.6 Å². The fourth-order valence-corrected chi connectivity index (χ4v) is 4.71.